The quantitative estimate of drug-likeness (QED) is 0.508. The SMILES string of the molecule is N#CC(=NNc1ccccc1C(F)(F)F)C(=N)N1CCCCC1. The molecule has 23 heavy (non-hydrogen) atoms. The van der Waals surface area contributed by atoms with Crippen LogP contribution in [0.5, 0.6) is 0 Å². The van der Waals surface area contributed by atoms with Crippen molar-refractivity contribution in [1.29, 1.82) is 10.7 Å². The van der Waals surface area contributed by atoms with Crippen molar-refractivity contribution in [2.75, 3.05) is 18.5 Å². The zero-order chi connectivity index (χ0) is 16.9. The maximum Gasteiger partial charge on any atom is 0.418 e. The Morgan fingerprint density at radius 3 is 2.48 bits per heavy atom. The number of rotatable bonds is 3. The fraction of sp³-hybridized carbons (Fsp3) is 0.400. The first-order chi connectivity index (χ1) is 10.9. The summed E-state index contributed by atoms with van der Waals surface area (Å²) < 4.78 is 38.7. The minimum atomic E-state index is -4.52. The van der Waals surface area contributed by atoms with Gasteiger partial charge in [0.1, 0.15) is 6.07 Å². The number of nitriles is 1. The van der Waals surface area contributed by atoms with E-state index in [1.54, 1.807) is 11.0 Å². The lowest BCUT2D eigenvalue weighted by molar-refractivity contribution is -0.136. The molecule has 5 nitrogen and oxygen atoms in total. The number of hydrogen-bond acceptors (Lipinski definition) is 4. The Bertz CT molecular complexity index is 639. The van der Waals surface area contributed by atoms with Crippen LogP contribution in [-0.4, -0.2) is 29.5 Å². The number of benzene rings is 1. The number of piperidine rings is 1. The molecule has 0 saturated carbocycles. The summed E-state index contributed by atoms with van der Waals surface area (Å²) in [5, 5.41) is 20.8. The second-order valence-electron chi connectivity index (χ2n) is 5.12. The van der Waals surface area contributed by atoms with Gasteiger partial charge in [0, 0.05) is 13.1 Å². The Balaban J connectivity index is 2.17. The first kappa shape index (κ1) is 16.8. The number of halogens is 3. The summed E-state index contributed by atoms with van der Waals surface area (Å²) in [6.45, 7) is 1.30. The minimum absolute atomic E-state index is 0.0656. The first-order valence-electron chi connectivity index (χ1n) is 7.17. The topological polar surface area (TPSA) is 75.3 Å². The fourth-order valence-corrected chi connectivity index (χ4v) is 2.34. The minimum Gasteiger partial charge on any atom is -0.355 e. The third kappa shape index (κ3) is 4.22. The predicted molar refractivity (Wildman–Crippen MR) is 81.3 cm³/mol. The molecule has 1 aliphatic rings. The molecule has 0 unspecified atom stereocenters. The lowest BCUT2D eigenvalue weighted by atomic mass is 10.1. The summed E-state index contributed by atoms with van der Waals surface area (Å²) in [7, 11) is 0. The van der Waals surface area contributed by atoms with Gasteiger partial charge in [-0.15, -0.1) is 0 Å². The molecule has 0 spiro atoms. The van der Waals surface area contributed by atoms with Crippen LogP contribution in [0.15, 0.2) is 29.4 Å². The standard InChI is InChI=1S/C15H16F3N5/c16-15(17,18)11-6-2-3-7-12(11)21-22-13(10-19)14(20)23-8-4-1-5-9-23/h2-3,6-7,20-21H,1,4-5,8-9H2. The molecule has 1 aromatic rings. The molecule has 0 atom stereocenters. The maximum atomic E-state index is 12.9. The third-order valence-corrected chi connectivity index (χ3v) is 3.52. The normalized spacial score (nSPS) is 15.9. The van der Waals surface area contributed by atoms with Gasteiger partial charge in [0.15, 0.2) is 5.84 Å². The molecule has 1 aromatic carbocycles. The molecule has 8 heteroatoms. The second kappa shape index (κ2) is 7.13. The van der Waals surface area contributed by atoms with E-state index in [0.717, 1.165) is 25.3 Å². The predicted octanol–water partition coefficient (Wildman–Crippen LogP) is 3.46. The first-order valence-corrected chi connectivity index (χ1v) is 7.17. The smallest absolute Gasteiger partial charge is 0.355 e. The Morgan fingerprint density at radius 1 is 1.22 bits per heavy atom. The van der Waals surface area contributed by atoms with Crippen molar-refractivity contribution in [2.24, 2.45) is 5.10 Å². The van der Waals surface area contributed by atoms with E-state index in [1.807, 2.05) is 0 Å². The van der Waals surface area contributed by atoms with Gasteiger partial charge in [-0.2, -0.15) is 23.5 Å². The molecule has 0 aliphatic carbocycles. The number of anilines is 1. The van der Waals surface area contributed by atoms with Crippen LogP contribution in [0.25, 0.3) is 0 Å². The molecule has 1 heterocycles. The maximum absolute atomic E-state index is 12.9. The van der Waals surface area contributed by atoms with Crippen molar-refractivity contribution >= 4 is 17.2 Å². The van der Waals surface area contributed by atoms with Crippen LogP contribution in [0.1, 0.15) is 24.8 Å². The van der Waals surface area contributed by atoms with Gasteiger partial charge in [-0.1, -0.05) is 12.1 Å². The molecule has 1 saturated heterocycles. The van der Waals surface area contributed by atoms with Crippen molar-refractivity contribution in [3.05, 3.63) is 29.8 Å². The monoisotopic (exact) mass is 323 g/mol. The van der Waals surface area contributed by atoms with E-state index in [0.29, 0.717) is 13.1 Å². The average Bonchev–Trinajstić information content (AvgIpc) is 2.55. The number of para-hydroxylation sites is 1. The Morgan fingerprint density at radius 2 is 1.87 bits per heavy atom. The van der Waals surface area contributed by atoms with Crippen molar-refractivity contribution in [2.45, 2.75) is 25.4 Å². The number of nitrogens with one attached hydrogen (secondary N) is 2. The van der Waals surface area contributed by atoms with Crippen LogP contribution < -0.4 is 5.43 Å². The number of amidine groups is 1. The zero-order valence-electron chi connectivity index (χ0n) is 12.3. The summed E-state index contributed by atoms with van der Waals surface area (Å²) in [6.07, 6.45) is -1.61. The lowest BCUT2D eigenvalue weighted by Crippen LogP contribution is -2.39. The molecule has 1 aliphatic heterocycles. The van der Waals surface area contributed by atoms with Crippen LogP contribution in [-0.2, 0) is 6.18 Å². The van der Waals surface area contributed by atoms with Gasteiger partial charge in [-0.25, -0.2) is 0 Å². The summed E-state index contributed by atoms with van der Waals surface area (Å²) >= 11 is 0. The molecule has 0 bridgehead atoms. The highest BCUT2D eigenvalue weighted by molar-refractivity contribution is 6.46. The Labute approximate surface area is 131 Å². The van der Waals surface area contributed by atoms with E-state index in [-0.39, 0.29) is 17.2 Å². The van der Waals surface area contributed by atoms with Gasteiger partial charge >= 0.3 is 6.18 Å². The highest BCUT2D eigenvalue weighted by Gasteiger charge is 2.33. The van der Waals surface area contributed by atoms with Gasteiger partial charge in [-0.05, 0) is 31.4 Å². The molecular weight excluding hydrogens is 307 g/mol. The van der Waals surface area contributed by atoms with Crippen LogP contribution in [0.2, 0.25) is 0 Å². The van der Waals surface area contributed by atoms with Crippen molar-refractivity contribution in [3.8, 4) is 6.07 Å². The van der Waals surface area contributed by atoms with E-state index >= 15 is 0 Å². The van der Waals surface area contributed by atoms with Crippen molar-refractivity contribution in [3.63, 3.8) is 0 Å². The number of likely N-dealkylation sites (tertiary alicyclic amines) is 1. The van der Waals surface area contributed by atoms with Gasteiger partial charge in [-0.3, -0.25) is 10.8 Å². The number of nitrogens with zero attached hydrogens (tertiary/aromatic N) is 3. The molecule has 122 valence electrons. The van der Waals surface area contributed by atoms with E-state index in [2.05, 4.69) is 10.5 Å². The summed E-state index contributed by atoms with van der Waals surface area (Å²) in [5.41, 5.74) is 0.916. The van der Waals surface area contributed by atoms with E-state index < -0.39 is 11.7 Å². The highest BCUT2D eigenvalue weighted by Crippen LogP contribution is 2.34. The zero-order valence-corrected chi connectivity index (χ0v) is 12.3. The molecule has 1 fully saturated rings. The lowest BCUT2D eigenvalue weighted by Gasteiger charge is -2.28. The Kier molecular flexibility index (Phi) is 5.21. The molecule has 0 aromatic heterocycles. The van der Waals surface area contributed by atoms with Crippen LogP contribution in [0, 0.1) is 16.7 Å². The van der Waals surface area contributed by atoms with Gasteiger partial charge in [0.2, 0.25) is 5.71 Å². The summed E-state index contributed by atoms with van der Waals surface area (Å²) in [6, 6.07) is 6.64. The molecule has 2 N–H and O–H groups in total. The van der Waals surface area contributed by atoms with Crippen LogP contribution in [0.4, 0.5) is 18.9 Å². The molecule has 2 rings (SSSR count). The summed E-state index contributed by atoms with van der Waals surface area (Å²) in [4.78, 5) is 1.71. The second-order valence-corrected chi connectivity index (χ2v) is 5.12. The number of alkyl halides is 3. The molecular formula is C15H16F3N5. The third-order valence-electron chi connectivity index (χ3n) is 3.52. The average molecular weight is 323 g/mol. The summed E-state index contributed by atoms with van der Waals surface area (Å²) in [5.74, 6) is -0.0656. The van der Waals surface area contributed by atoms with Crippen molar-refractivity contribution < 1.29 is 13.2 Å². The molecule has 0 amide bonds. The van der Waals surface area contributed by atoms with Crippen LogP contribution >= 0.6 is 0 Å². The largest absolute Gasteiger partial charge is 0.418 e. The Hall–Kier alpha value is -2.56. The molecule has 0 radical (unpaired) electrons. The van der Waals surface area contributed by atoms with Gasteiger partial charge in [0.25, 0.3) is 0 Å². The van der Waals surface area contributed by atoms with E-state index in [1.165, 1.54) is 18.2 Å². The number of hydrogen-bond donors (Lipinski definition) is 2. The van der Waals surface area contributed by atoms with Crippen molar-refractivity contribution in [1.82, 2.24) is 4.90 Å². The van der Waals surface area contributed by atoms with Gasteiger partial charge in [0.05, 0.1) is 11.3 Å². The van der Waals surface area contributed by atoms with E-state index in [9.17, 15) is 13.2 Å². The van der Waals surface area contributed by atoms with Gasteiger partial charge < -0.3 is 4.90 Å². The van der Waals surface area contributed by atoms with Crippen LogP contribution in [0.3, 0.4) is 0 Å². The number of hydrazone groups is 1. The van der Waals surface area contributed by atoms with E-state index in [4.69, 9.17) is 10.7 Å². The highest BCUT2D eigenvalue weighted by atomic mass is 19.4. The fourth-order valence-electron chi connectivity index (χ4n) is 2.34.